The maximum Gasteiger partial charge on any atom is 0.278 e. The van der Waals surface area contributed by atoms with Crippen molar-refractivity contribution in [3.8, 4) is 0 Å². The van der Waals surface area contributed by atoms with Gasteiger partial charge in [0.1, 0.15) is 5.70 Å². The molecule has 0 radical (unpaired) electrons. The molecule has 3 nitrogen and oxygen atoms in total. The second kappa shape index (κ2) is 7.29. The fourth-order valence-electron chi connectivity index (χ4n) is 1.78. The molecule has 1 aliphatic rings. The summed E-state index contributed by atoms with van der Waals surface area (Å²) in [5.74, 6) is 0.588. The van der Waals surface area contributed by atoms with Crippen molar-refractivity contribution in [2.24, 2.45) is 4.99 Å². The minimum atomic E-state index is -0.114. The van der Waals surface area contributed by atoms with Crippen LogP contribution in [0.3, 0.4) is 0 Å². The molecule has 0 aromatic heterocycles. The van der Waals surface area contributed by atoms with Crippen molar-refractivity contribution in [2.75, 3.05) is 12.3 Å². The van der Waals surface area contributed by atoms with Gasteiger partial charge in [-0.1, -0.05) is 47.6 Å². The highest BCUT2D eigenvalue weighted by atomic mass is 35.5. The lowest BCUT2D eigenvalue weighted by molar-refractivity contribution is -0.122. The zero-order valence-corrected chi connectivity index (χ0v) is 13.0. The molecular weight excluding hydrogens is 304 g/mol. The molecule has 0 atom stereocenters. The monoisotopic (exact) mass is 318 g/mol. The second-order valence-electron chi connectivity index (χ2n) is 4.28. The summed E-state index contributed by atoms with van der Waals surface area (Å²) < 4.78 is 0. The smallest absolute Gasteiger partial charge is 0.278 e. The number of hydrogen-bond donors (Lipinski definition) is 0. The molecule has 2 rings (SSSR count). The Labute approximate surface area is 133 Å². The summed E-state index contributed by atoms with van der Waals surface area (Å²) in [6, 6.07) is 7.27. The van der Waals surface area contributed by atoms with Gasteiger partial charge in [0, 0.05) is 17.3 Å². The molecule has 0 fully saturated rings. The molecule has 0 unspecified atom stereocenters. The highest BCUT2D eigenvalue weighted by Crippen LogP contribution is 2.24. The fourth-order valence-corrected chi connectivity index (χ4v) is 2.65. The van der Waals surface area contributed by atoms with Crippen molar-refractivity contribution in [3.05, 3.63) is 65.9 Å². The number of nitrogens with zero attached hydrogens (tertiary/aromatic N) is 2. The van der Waals surface area contributed by atoms with Gasteiger partial charge in [0.25, 0.3) is 5.91 Å². The lowest BCUT2D eigenvalue weighted by atomic mass is 10.2. The topological polar surface area (TPSA) is 32.7 Å². The summed E-state index contributed by atoms with van der Waals surface area (Å²) in [6.07, 6.45) is 5.23. The number of hydrogen-bond acceptors (Lipinski definition) is 3. The highest BCUT2D eigenvalue weighted by molar-refractivity contribution is 8.14. The first kappa shape index (κ1) is 15.6. The van der Waals surface area contributed by atoms with Gasteiger partial charge in [-0.05, 0) is 23.8 Å². The largest absolute Gasteiger partial charge is 0.282 e. The van der Waals surface area contributed by atoms with E-state index in [9.17, 15) is 4.79 Å². The molecule has 0 bridgehead atoms. The lowest BCUT2D eigenvalue weighted by Gasteiger charge is -2.14. The molecule has 108 valence electrons. The Morgan fingerprint density at radius 1 is 1.24 bits per heavy atom. The summed E-state index contributed by atoms with van der Waals surface area (Å²) in [5, 5.41) is 1.34. The van der Waals surface area contributed by atoms with E-state index in [4.69, 9.17) is 11.6 Å². The van der Waals surface area contributed by atoms with Gasteiger partial charge >= 0.3 is 0 Å². The number of amidine groups is 1. The third kappa shape index (κ3) is 3.86. The molecule has 1 aromatic rings. The van der Waals surface area contributed by atoms with Crippen LogP contribution in [0, 0.1) is 0 Å². The number of carbonyl (C=O) groups excluding carboxylic acids is 1. The number of halogens is 1. The van der Waals surface area contributed by atoms with E-state index in [1.54, 1.807) is 35.3 Å². The van der Waals surface area contributed by atoms with E-state index < -0.39 is 0 Å². The summed E-state index contributed by atoms with van der Waals surface area (Å²) in [6.45, 7) is 7.80. The molecule has 0 aliphatic carbocycles. The summed E-state index contributed by atoms with van der Waals surface area (Å²) in [4.78, 5) is 18.4. The van der Waals surface area contributed by atoms with Crippen molar-refractivity contribution < 1.29 is 4.79 Å². The molecule has 5 heteroatoms. The number of amides is 1. The van der Waals surface area contributed by atoms with E-state index in [1.165, 1.54) is 11.8 Å². The Balaban J connectivity index is 2.28. The van der Waals surface area contributed by atoms with Crippen LogP contribution in [0.4, 0.5) is 0 Å². The van der Waals surface area contributed by atoms with Crippen LogP contribution in [0.2, 0.25) is 5.02 Å². The molecular formula is C16H15ClN2OS. The Hall–Kier alpha value is -1.78. The van der Waals surface area contributed by atoms with Crippen LogP contribution < -0.4 is 0 Å². The number of rotatable bonds is 5. The third-order valence-corrected chi connectivity index (χ3v) is 3.95. The number of aliphatic imine (C=N–C) groups is 1. The van der Waals surface area contributed by atoms with Crippen LogP contribution in [0.25, 0.3) is 6.08 Å². The minimum absolute atomic E-state index is 0.114. The van der Waals surface area contributed by atoms with Crippen LogP contribution >= 0.6 is 23.4 Å². The Bertz CT molecular complexity index is 620. The third-order valence-electron chi connectivity index (χ3n) is 2.73. The van der Waals surface area contributed by atoms with Gasteiger partial charge in [-0.2, -0.15) is 0 Å². The average molecular weight is 319 g/mol. The first-order valence-corrected chi connectivity index (χ1v) is 7.74. The van der Waals surface area contributed by atoms with E-state index in [0.29, 0.717) is 28.2 Å². The summed E-state index contributed by atoms with van der Waals surface area (Å²) >= 11 is 7.33. The average Bonchev–Trinajstić information content (AvgIpc) is 2.77. The van der Waals surface area contributed by atoms with E-state index in [1.807, 2.05) is 12.1 Å². The Morgan fingerprint density at radius 2 is 1.95 bits per heavy atom. The van der Waals surface area contributed by atoms with Crippen LogP contribution in [0.15, 0.2) is 60.3 Å². The number of benzene rings is 1. The van der Waals surface area contributed by atoms with Gasteiger partial charge in [-0.25, -0.2) is 4.99 Å². The zero-order chi connectivity index (χ0) is 15.2. The van der Waals surface area contributed by atoms with Crippen molar-refractivity contribution in [2.45, 2.75) is 0 Å². The quantitative estimate of drug-likeness (QED) is 0.607. The van der Waals surface area contributed by atoms with E-state index in [2.05, 4.69) is 18.2 Å². The predicted octanol–water partition coefficient (Wildman–Crippen LogP) is 3.98. The molecule has 0 saturated carbocycles. The van der Waals surface area contributed by atoms with Gasteiger partial charge < -0.3 is 0 Å². The van der Waals surface area contributed by atoms with E-state index in [-0.39, 0.29) is 5.91 Å². The molecule has 0 spiro atoms. The van der Waals surface area contributed by atoms with Crippen LogP contribution in [-0.2, 0) is 4.79 Å². The Morgan fingerprint density at radius 3 is 2.57 bits per heavy atom. The lowest BCUT2D eigenvalue weighted by Crippen LogP contribution is -2.30. The number of thioether (sulfide) groups is 1. The number of carbonyl (C=O) groups is 1. The van der Waals surface area contributed by atoms with E-state index >= 15 is 0 Å². The zero-order valence-electron chi connectivity index (χ0n) is 11.5. The highest BCUT2D eigenvalue weighted by Gasteiger charge is 2.29. The molecule has 1 amide bonds. The maximum absolute atomic E-state index is 12.4. The van der Waals surface area contributed by atoms with Crippen LogP contribution in [0.5, 0.6) is 0 Å². The van der Waals surface area contributed by atoms with Crippen molar-refractivity contribution >= 4 is 40.5 Å². The van der Waals surface area contributed by atoms with Gasteiger partial charge in [0.2, 0.25) is 0 Å². The van der Waals surface area contributed by atoms with Gasteiger partial charge in [0.05, 0.1) is 0 Å². The molecule has 0 N–H and O–H groups in total. The predicted molar refractivity (Wildman–Crippen MR) is 91.4 cm³/mol. The van der Waals surface area contributed by atoms with E-state index in [0.717, 1.165) is 5.56 Å². The minimum Gasteiger partial charge on any atom is -0.282 e. The molecule has 1 heterocycles. The van der Waals surface area contributed by atoms with Gasteiger partial charge in [-0.3, -0.25) is 9.69 Å². The molecule has 1 aliphatic heterocycles. The normalized spacial score (nSPS) is 16.2. The van der Waals surface area contributed by atoms with Crippen molar-refractivity contribution in [1.82, 2.24) is 4.90 Å². The van der Waals surface area contributed by atoms with Crippen LogP contribution in [0.1, 0.15) is 5.56 Å². The van der Waals surface area contributed by atoms with Gasteiger partial charge in [0.15, 0.2) is 5.17 Å². The molecule has 0 saturated heterocycles. The van der Waals surface area contributed by atoms with Gasteiger partial charge in [-0.15, -0.1) is 13.2 Å². The summed E-state index contributed by atoms with van der Waals surface area (Å²) in [5.41, 5.74) is 1.31. The fraction of sp³-hybridized carbons (Fsp3) is 0.125. The first-order chi connectivity index (χ1) is 10.2. The summed E-state index contributed by atoms with van der Waals surface area (Å²) in [7, 11) is 0. The second-order valence-corrected chi connectivity index (χ2v) is 5.70. The maximum atomic E-state index is 12.4. The van der Waals surface area contributed by atoms with Crippen LogP contribution in [-0.4, -0.2) is 28.3 Å². The van der Waals surface area contributed by atoms with Crippen molar-refractivity contribution in [1.29, 1.82) is 0 Å². The standard InChI is InChI=1S/C16H15ClN2OS/c1-3-9-19-15(20)14(18-16(19)21-10-4-2)11-12-5-7-13(17)8-6-12/h3-8,11H,1-2,9-10H2/b14-11-. The SMILES string of the molecule is C=CCSC1=N/C(=C\c2ccc(Cl)cc2)C(=O)N1CC=C. The molecule has 21 heavy (non-hydrogen) atoms. The molecule has 1 aromatic carbocycles. The Kier molecular flexibility index (Phi) is 5.42. The van der Waals surface area contributed by atoms with Crippen molar-refractivity contribution in [3.63, 3.8) is 0 Å². The first-order valence-electron chi connectivity index (χ1n) is 6.38.